The first-order valence-electron chi connectivity index (χ1n) is 12.7. The molecule has 200 valence electrons. The summed E-state index contributed by atoms with van der Waals surface area (Å²) in [6, 6.07) is 22.3. The molecule has 0 saturated carbocycles. The smallest absolute Gasteiger partial charge is 0.407 e. The van der Waals surface area contributed by atoms with Crippen molar-refractivity contribution in [2.75, 3.05) is 11.4 Å². The van der Waals surface area contributed by atoms with Crippen LogP contribution in [0.5, 0.6) is 11.5 Å². The van der Waals surface area contributed by atoms with Crippen molar-refractivity contribution >= 4 is 29.3 Å². The third-order valence-electron chi connectivity index (χ3n) is 5.99. The van der Waals surface area contributed by atoms with Gasteiger partial charge in [-0.1, -0.05) is 54.9 Å². The van der Waals surface area contributed by atoms with Crippen molar-refractivity contribution < 1.29 is 23.8 Å². The minimum atomic E-state index is -1.52. The molecule has 1 N–H and O–H groups in total. The van der Waals surface area contributed by atoms with Gasteiger partial charge >= 0.3 is 17.8 Å². The van der Waals surface area contributed by atoms with Gasteiger partial charge in [-0.25, -0.2) is 4.79 Å². The monoisotopic (exact) mass is 536 g/mol. The minimum absolute atomic E-state index is 0.288. The number of amides is 2. The highest BCUT2D eigenvalue weighted by atomic mass is 35.5. The topological polar surface area (TPSA) is 77.1 Å². The fourth-order valence-corrected chi connectivity index (χ4v) is 4.39. The van der Waals surface area contributed by atoms with Crippen molar-refractivity contribution in [3.05, 3.63) is 88.9 Å². The predicted molar refractivity (Wildman–Crippen MR) is 148 cm³/mol. The van der Waals surface area contributed by atoms with Gasteiger partial charge in [-0.3, -0.25) is 9.69 Å². The third kappa shape index (κ3) is 6.58. The van der Waals surface area contributed by atoms with Crippen molar-refractivity contribution in [1.29, 1.82) is 0 Å². The van der Waals surface area contributed by atoms with E-state index in [9.17, 15) is 9.59 Å². The van der Waals surface area contributed by atoms with Gasteiger partial charge in [-0.15, -0.1) is 0 Å². The number of anilines is 1. The number of rotatable bonds is 8. The number of carbonyl (C=O) groups is 2. The standard InChI is InChI=1S/C30H33ClN2O5/c1-5-30(36-24-15-13-21(14-16-24)17-18-32-28(35)38-29(2,3)4)27(34)33(20-22-9-8-10-23(31)19-22)25-11-6-7-12-26(25)37-30/h6-16,19H,5,17-18,20H2,1-4H3,(H,32,35). The van der Waals surface area contributed by atoms with Gasteiger partial charge in [-0.2, -0.15) is 0 Å². The predicted octanol–water partition coefficient (Wildman–Crippen LogP) is 6.52. The van der Waals surface area contributed by atoms with E-state index in [2.05, 4.69) is 5.32 Å². The third-order valence-corrected chi connectivity index (χ3v) is 6.22. The molecule has 0 radical (unpaired) electrons. The lowest BCUT2D eigenvalue weighted by atomic mass is 10.1. The van der Waals surface area contributed by atoms with Crippen LogP contribution in [0.3, 0.4) is 0 Å². The Morgan fingerprint density at radius 2 is 1.76 bits per heavy atom. The molecule has 7 nitrogen and oxygen atoms in total. The zero-order valence-electron chi connectivity index (χ0n) is 22.1. The maximum Gasteiger partial charge on any atom is 0.407 e. The summed E-state index contributed by atoms with van der Waals surface area (Å²) < 4.78 is 17.8. The van der Waals surface area contributed by atoms with Crippen LogP contribution in [-0.4, -0.2) is 29.9 Å². The summed E-state index contributed by atoms with van der Waals surface area (Å²) in [5.41, 5.74) is 2.04. The number of fused-ring (bicyclic) bond motifs is 1. The number of benzene rings is 3. The van der Waals surface area contributed by atoms with Crippen molar-refractivity contribution in [3.8, 4) is 11.5 Å². The Labute approximate surface area is 228 Å². The molecule has 1 aliphatic heterocycles. The lowest BCUT2D eigenvalue weighted by molar-refractivity contribution is -0.167. The van der Waals surface area contributed by atoms with Crippen LogP contribution in [-0.2, 0) is 22.5 Å². The average molecular weight is 537 g/mol. The Kier molecular flexibility index (Phi) is 8.17. The maximum absolute atomic E-state index is 13.9. The van der Waals surface area contributed by atoms with Gasteiger partial charge in [-0.05, 0) is 74.7 Å². The molecule has 3 aromatic carbocycles. The molecule has 0 saturated heterocycles. The van der Waals surface area contributed by atoms with E-state index < -0.39 is 17.5 Å². The van der Waals surface area contributed by atoms with E-state index in [0.29, 0.717) is 48.1 Å². The number of carbonyl (C=O) groups excluding carboxylic acids is 2. The minimum Gasteiger partial charge on any atom is -0.444 e. The van der Waals surface area contributed by atoms with Gasteiger partial charge in [0.05, 0.1) is 12.2 Å². The lowest BCUT2D eigenvalue weighted by Gasteiger charge is -2.41. The van der Waals surface area contributed by atoms with Crippen LogP contribution in [0.1, 0.15) is 45.2 Å². The molecule has 1 heterocycles. The van der Waals surface area contributed by atoms with E-state index in [1.807, 2.05) is 82.3 Å². The fraction of sp³-hybridized carbons (Fsp3) is 0.333. The highest BCUT2D eigenvalue weighted by Crippen LogP contribution is 2.41. The highest BCUT2D eigenvalue weighted by Gasteiger charge is 2.49. The van der Waals surface area contributed by atoms with E-state index >= 15 is 0 Å². The second-order valence-corrected chi connectivity index (χ2v) is 10.6. The number of para-hydroxylation sites is 2. The summed E-state index contributed by atoms with van der Waals surface area (Å²) in [6.07, 6.45) is 0.473. The summed E-state index contributed by atoms with van der Waals surface area (Å²) in [6.45, 7) is 8.10. The van der Waals surface area contributed by atoms with Gasteiger partial charge in [0, 0.05) is 18.0 Å². The number of hydrogen-bond acceptors (Lipinski definition) is 5. The molecule has 1 aliphatic rings. The van der Waals surface area contributed by atoms with Gasteiger partial charge in [0.2, 0.25) is 0 Å². The Morgan fingerprint density at radius 1 is 1.03 bits per heavy atom. The summed E-state index contributed by atoms with van der Waals surface area (Å²) in [5, 5.41) is 3.36. The SMILES string of the molecule is CCC1(Oc2ccc(CCNC(=O)OC(C)(C)C)cc2)Oc2ccccc2N(Cc2cccc(Cl)c2)C1=O. The molecule has 2 amide bonds. The first kappa shape index (κ1) is 27.3. The molecule has 1 unspecified atom stereocenters. The Morgan fingerprint density at radius 3 is 2.45 bits per heavy atom. The first-order valence-corrected chi connectivity index (χ1v) is 13.1. The van der Waals surface area contributed by atoms with Gasteiger partial charge in [0.25, 0.3) is 0 Å². The van der Waals surface area contributed by atoms with Crippen LogP contribution in [0.2, 0.25) is 5.02 Å². The number of nitrogens with zero attached hydrogens (tertiary/aromatic N) is 1. The van der Waals surface area contributed by atoms with E-state index in [1.165, 1.54) is 0 Å². The molecular formula is C30H33ClN2O5. The van der Waals surface area contributed by atoms with Crippen LogP contribution >= 0.6 is 11.6 Å². The molecular weight excluding hydrogens is 504 g/mol. The zero-order valence-corrected chi connectivity index (χ0v) is 22.9. The van der Waals surface area contributed by atoms with E-state index in [-0.39, 0.29) is 5.91 Å². The second kappa shape index (κ2) is 11.4. The van der Waals surface area contributed by atoms with Crippen LogP contribution < -0.4 is 19.7 Å². The number of alkyl carbamates (subject to hydrolysis) is 1. The van der Waals surface area contributed by atoms with Crippen LogP contribution in [0.4, 0.5) is 10.5 Å². The summed E-state index contributed by atoms with van der Waals surface area (Å²) in [7, 11) is 0. The average Bonchev–Trinajstić information content (AvgIpc) is 2.86. The molecule has 4 rings (SSSR count). The summed E-state index contributed by atoms with van der Waals surface area (Å²) >= 11 is 6.20. The van der Waals surface area contributed by atoms with Crippen LogP contribution in [0.25, 0.3) is 0 Å². The van der Waals surface area contributed by atoms with E-state index in [1.54, 1.807) is 23.1 Å². The van der Waals surface area contributed by atoms with E-state index in [0.717, 1.165) is 11.1 Å². The molecule has 0 bridgehead atoms. The Hall–Kier alpha value is -3.71. The number of nitrogens with one attached hydrogen (secondary N) is 1. The Bertz CT molecular complexity index is 1290. The lowest BCUT2D eigenvalue weighted by Crippen LogP contribution is -2.59. The maximum atomic E-state index is 13.9. The van der Waals surface area contributed by atoms with Crippen LogP contribution in [0, 0.1) is 0 Å². The first-order chi connectivity index (χ1) is 18.1. The molecule has 0 fully saturated rings. The van der Waals surface area contributed by atoms with Crippen molar-refractivity contribution in [1.82, 2.24) is 5.32 Å². The molecule has 3 aromatic rings. The second-order valence-electron chi connectivity index (χ2n) is 10.1. The molecule has 0 aromatic heterocycles. The summed E-state index contributed by atoms with van der Waals surface area (Å²) in [4.78, 5) is 27.4. The van der Waals surface area contributed by atoms with Crippen molar-refractivity contribution in [2.24, 2.45) is 0 Å². The van der Waals surface area contributed by atoms with Gasteiger partial charge < -0.3 is 19.5 Å². The van der Waals surface area contributed by atoms with Crippen molar-refractivity contribution in [3.63, 3.8) is 0 Å². The van der Waals surface area contributed by atoms with Crippen molar-refractivity contribution in [2.45, 2.75) is 58.5 Å². The molecule has 38 heavy (non-hydrogen) atoms. The molecule has 0 spiro atoms. The number of hydrogen-bond donors (Lipinski definition) is 1. The Balaban J connectivity index is 1.49. The normalized spacial score (nSPS) is 16.9. The zero-order chi connectivity index (χ0) is 27.3. The van der Waals surface area contributed by atoms with Crippen LogP contribution in [0.15, 0.2) is 72.8 Å². The van der Waals surface area contributed by atoms with Gasteiger partial charge in [0.1, 0.15) is 17.1 Å². The largest absolute Gasteiger partial charge is 0.444 e. The van der Waals surface area contributed by atoms with Gasteiger partial charge in [0.15, 0.2) is 0 Å². The molecule has 1 atom stereocenters. The highest BCUT2D eigenvalue weighted by molar-refractivity contribution is 6.30. The molecule has 0 aliphatic carbocycles. The quantitative estimate of drug-likeness (QED) is 0.355. The summed E-state index contributed by atoms with van der Waals surface area (Å²) in [5.74, 6) is -0.733. The number of halogens is 1. The number of ether oxygens (including phenoxy) is 3. The molecule has 8 heteroatoms. The van der Waals surface area contributed by atoms with E-state index in [4.69, 9.17) is 25.8 Å². The fourth-order valence-electron chi connectivity index (χ4n) is 4.18.